The summed E-state index contributed by atoms with van der Waals surface area (Å²) in [5.74, 6) is 0.872. The Morgan fingerprint density at radius 1 is 1.26 bits per heavy atom. The largest absolute Gasteiger partial charge is 0.497 e. The number of aromatic nitrogens is 1. The predicted molar refractivity (Wildman–Crippen MR) is 81.7 cm³/mol. The van der Waals surface area contributed by atoms with E-state index in [2.05, 4.69) is 39.2 Å². The zero-order chi connectivity index (χ0) is 13.8. The zero-order valence-electron chi connectivity index (χ0n) is 11.3. The maximum Gasteiger partial charge on any atom is 0.119 e. The molecular weight excluding hydrogens is 304 g/mol. The smallest absolute Gasteiger partial charge is 0.119 e. The van der Waals surface area contributed by atoms with E-state index in [1.807, 2.05) is 37.3 Å². The third-order valence-corrected chi connectivity index (χ3v) is 3.46. The standard InChI is InChI=1S/C15H17BrN2O/c1-10(12-5-4-6-13(9-12)19-3)17-14-7-8-15(16)18-11(14)2/h4-10,17H,1-3H3. The summed E-state index contributed by atoms with van der Waals surface area (Å²) in [4.78, 5) is 4.38. The predicted octanol–water partition coefficient (Wildman–Crippen LogP) is 4.33. The molecule has 0 spiro atoms. The monoisotopic (exact) mass is 320 g/mol. The van der Waals surface area contributed by atoms with Gasteiger partial charge in [0.1, 0.15) is 10.4 Å². The normalized spacial score (nSPS) is 12.0. The van der Waals surface area contributed by atoms with Gasteiger partial charge in [-0.3, -0.25) is 0 Å². The van der Waals surface area contributed by atoms with E-state index in [-0.39, 0.29) is 6.04 Å². The summed E-state index contributed by atoms with van der Waals surface area (Å²) in [7, 11) is 1.68. The van der Waals surface area contributed by atoms with Crippen LogP contribution in [0.15, 0.2) is 41.0 Å². The number of nitrogens with one attached hydrogen (secondary N) is 1. The highest BCUT2D eigenvalue weighted by molar-refractivity contribution is 9.10. The van der Waals surface area contributed by atoms with Crippen LogP contribution in [0.1, 0.15) is 24.2 Å². The number of hydrogen-bond acceptors (Lipinski definition) is 3. The fourth-order valence-electron chi connectivity index (χ4n) is 1.91. The molecular formula is C15H17BrN2O. The van der Waals surface area contributed by atoms with Gasteiger partial charge in [-0.05, 0) is 59.6 Å². The molecule has 1 heterocycles. The summed E-state index contributed by atoms with van der Waals surface area (Å²) < 4.78 is 6.10. The van der Waals surface area contributed by atoms with Crippen LogP contribution in [-0.4, -0.2) is 12.1 Å². The second-order valence-electron chi connectivity index (χ2n) is 4.41. The number of halogens is 1. The highest BCUT2D eigenvalue weighted by Crippen LogP contribution is 2.24. The lowest BCUT2D eigenvalue weighted by Gasteiger charge is -2.17. The van der Waals surface area contributed by atoms with Crippen LogP contribution in [-0.2, 0) is 0 Å². The third-order valence-electron chi connectivity index (χ3n) is 3.02. The number of methoxy groups -OCH3 is 1. The fourth-order valence-corrected chi connectivity index (χ4v) is 2.31. The minimum atomic E-state index is 0.191. The van der Waals surface area contributed by atoms with Crippen LogP contribution >= 0.6 is 15.9 Å². The van der Waals surface area contributed by atoms with E-state index in [9.17, 15) is 0 Å². The Morgan fingerprint density at radius 2 is 2.05 bits per heavy atom. The molecule has 1 unspecified atom stereocenters. The number of benzene rings is 1. The number of ether oxygens (including phenoxy) is 1. The van der Waals surface area contributed by atoms with Crippen molar-refractivity contribution in [3.05, 3.63) is 52.3 Å². The lowest BCUT2D eigenvalue weighted by Crippen LogP contribution is -2.08. The minimum Gasteiger partial charge on any atom is -0.497 e. The van der Waals surface area contributed by atoms with Gasteiger partial charge in [-0.25, -0.2) is 4.98 Å². The van der Waals surface area contributed by atoms with Crippen molar-refractivity contribution in [3.63, 3.8) is 0 Å². The second kappa shape index (κ2) is 6.06. The molecule has 1 atom stereocenters. The molecule has 0 bridgehead atoms. The summed E-state index contributed by atoms with van der Waals surface area (Å²) in [5, 5.41) is 3.47. The number of aryl methyl sites for hydroxylation is 1. The lowest BCUT2D eigenvalue weighted by atomic mass is 10.1. The van der Waals surface area contributed by atoms with Crippen molar-refractivity contribution < 1.29 is 4.74 Å². The van der Waals surface area contributed by atoms with E-state index < -0.39 is 0 Å². The van der Waals surface area contributed by atoms with E-state index in [0.29, 0.717) is 0 Å². The second-order valence-corrected chi connectivity index (χ2v) is 5.22. The van der Waals surface area contributed by atoms with Crippen molar-refractivity contribution in [3.8, 4) is 5.75 Å². The van der Waals surface area contributed by atoms with E-state index in [1.165, 1.54) is 5.56 Å². The molecule has 19 heavy (non-hydrogen) atoms. The van der Waals surface area contributed by atoms with Crippen LogP contribution in [0, 0.1) is 6.92 Å². The molecule has 0 saturated heterocycles. The Hall–Kier alpha value is -1.55. The van der Waals surface area contributed by atoms with Crippen molar-refractivity contribution in [2.45, 2.75) is 19.9 Å². The lowest BCUT2D eigenvalue weighted by molar-refractivity contribution is 0.414. The quantitative estimate of drug-likeness (QED) is 0.851. The summed E-state index contributed by atoms with van der Waals surface area (Å²) in [5.41, 5.74) is 3.20. The summed E-state index contributed by atoms with van der Waals surface area (Å²) in [6.07, 6.45) is 0. The first-order valence-electron chi connectivity index (χ1n) is 6.14. The van der Waals surface area contributed by atoms with Crippen molar-refractivity contribution in [2.75, 3.05) is 12.4 Å². The van der Waals surface area contributed by atoms with Gasteiger partial charge in [0.15, 0.2) is 0 Å². The molecule has 0 radical (unpaired) electrons. The molecule has 0 aliphatic rings. The fraction of sp³-hybridized carbons (Fsp3) is 0.267. The number of hydrogen-bond donors (Lipinski definition) is 1. The molecule has 0 fully saturated rings. The van der Waals surface area contributed by atoms with Crippen molar-refractivity contribution in [1.82, 2.24) is 4.98 Å². The molecule has 2 rings (SSSR count). The first-order valence-corrected chi connectivity index (χ1v) is 6.93. The van der Waals surface area contributed by atoms with Gasteiger partial charge in [-0.2, -0.15) is 0 Å². The Kier molecular flexibility index (Phi) is 4.43. The summed E-state index contributed by atoms with van der Waals surface area (Å²) in [6.45, 7) is 4.11. The molecule has 2 aromatic rings. The van der Waals surface area contributed by atoms with E-state index in [4.69, 9.17) is 4.74 Å². The van der Waals surface area contributed by atoms with Gasteiger partial charge in [0.05, 0.1) is 18.5 Å². The number of rotatable bonds is 4. The molecule has 1 aromatic heterocycles. The van der Waals surface area contributed by atoms with Crippen LogP contribution in [0.25, 0.3) is 0 Å². The highest BCUT2D eigenvalue weighted by atomic mass is 79.9. The number of nitrogens with zero attached hydrogens (tertiary/aromatic N) is 1. The minimum absolute atomic E-state index is 0.191. The van der Waals surface area contributed by atoms with Gasteiger partial charge in [0, 0.05) is 6.04 Å². The van der Waals surface area contributed by atoms with Gasteiger partial charge in [-0.1, -0.05) is 12.1 Å². The third kappa shape index (κ3) is 3.47. The topological polar surface area (TPSA) is 34.1 Å². The SMILES string of the molecule is COc1cccc(C(C)Nc2ccc(Br)nc2C)c1. The maximum absolute atomic E-state index is 5.25. The molecule has 100 valence electrons. The zero-order valence-corrected chi connectivity index (χ0v) is 12.9. The van der Waals surface area contributed by atoms with Crippen molar-refractivity contribution >= 4 is 21.6 Å². The van der Waals surface area contributed by atoms with Gasteiger partial charge in [-0.15, -0.1) is 0 Å². The number of pyridine rings is 1. The Balaban J connectivity index is 2.17. The van der Waals surface area contributed by atoms with Crippen molar-refractivity contribution in [1.29, 1.82) is 0 Å². The van der Waals surface area contributed by atoms with E-state index in [1.54, 1.807) is 7.11 Å². The molecule has 1 N–H and O–H groups in total. The maximum atomic E-state index is 5.25. The Labute approximate surface area is 122 Å². The van der Waals surface area contributed by atoms with Gasteiger partial charge in [0.2, 0.25) is 0 Å². The van der Waals surface area contributed by atoms with E-state index in [0.717, 1.165) is 21.7 Å². The highest BCUT2D eigenvalue weighted by Gasteiger charge is 2.08. The molecule has 0 amide bonds. The first-order chi connectivity index (χ1) is 9.10. The van der Waals surface area contributed by atoms with Crippen LogP contribution in [0.5, 0.6) is 5.75 Å². The molecule has 0 saturated carbocycles. The summed E-state index contributed by atoms with van der Waals surface area (Å²) >= 11 is 3.37. The Bertz CT molecular complexity index is 572. The molecule has 3 nitrogen and oxygen atoms in total. The van der Waals surface area contributed by atoms with E-state index >= 15 is 0 Å². The average Bonchev–Trinajstić information content (AvgIpc) is 2.42. The first kappa shape index (κ1) is 13.9. The van der Waals surface area contributed by atoms with Gasteiger partial charge in [0.25, 0.3) is 0 Å². The van der Waals surface area contributed by atoms with Crippen LogP contribution in [0.2, 0.25) is 0 Å². The van der Waals surface area contributed by atoms with Crippen LogP contribution in [0.3, 0.4) is 0 Å². The van der Waals surface area contributed by atoms with Crippen LogP contribution in [0.4, 0.5) is 5.69 Å². The van der Waals surface area contributed by atoms with Gasteiger partial charge < -0.3 is 10.1 Å². The molecule has 1 aromatic carbocycles. The molecule has 4 heteroatoms. The van der Waals surface area contributed by atoms with Gasteiger partial charge >= 0.3 is 0 Å². The Morgan fingerprint density at radius 3 is 2.74 bits per heavy atom. The number of anilines is 1. The molecule has 0 aliphatic carbocycles. The molecule has 0 aliphatic heterocycles. The van der Waals surface area contributed by atoms with Crippen molar-refractivity contribution in [2.24, 2.45) is 0 Å². The average molecular weight is 321 g/mol. The van der Waals surface area contributed by atoms with Crippen LogP contribution < -0.4 is 10.1 Å². The summed E-state index contributed by atoms with van der Waals surface area (Å²) in [6, 6.07) is 12.2.